The fourth-order valence-electron chi connectivity index (χ4n) is 1.63. The van der Waals surface area contributed by atoms with Crippen LogP contribution in [0.5, 0.6) is 0 Å². The van der Waals surface area contributed by atoms with Crippen molar-refractivity contribution in [2.75, 3.05) is 0 Å². The van der Waals surface area contributed by atoms with Crippen molar-refractivity contribution in [1.29, 1.82) is 0 Å². The van der Waals surface area contributed by atoms with E-state index in [4.69, 9.17) is 4.42 Å². The van der Waals surface area contributed by atoms with Gasteiger partial charge in [0.1, 0.15) is 0 Å². The molecular formula is C12H12N6OS. The summed E-state index contributed by atoms with van der Waals surface area (Å²) < 4.78 is 7.31. The maximum atomic E-state index is 5.70. The van der Waals surface area contributed by atoms with E-state index < -0.39 is 0 Å². The Morgan fingerprint density at radius 1 is 1.15 bits per heavy atom. The summed E-state index contributed by atoms with van der Waals surface area (Å²) in [7, 11) is 1.79. The van der Waals surface area contributed by atoms with Crippen molar-refractivity contribution in [3.63, 3.8) is 0 Å². The first kappa shape index (κ1) is 12.8. The van der Waals surface area contributed by atoms with Gasteiger partial charge in [-0.3, -0.25) is 0 Å². The number of aromatic nitrogens is 6. The van der Waals surface area contributed by atoms with Gasteiger partial charge in [0, 0.05) is 12.6 Å². The first-order valence-corrected chi connectivity index (χ1v) is 6.90. The highest BCUT2D eigenvalue weighted by Crippen LogP contribution is 2.33. The summed E-state index contributed by atoms with van der Waals surface area (Å²) in [5.41, 5.74) is 0.906. The topological polar surface area (TPSA) is 82.5 Å². The van der Waals surface area contributed by atoms with E-state index in [-0.39, 0.29) is 5.25 Å². The predicted molar refractivity (Wildman–Crippen MR) is 72.8 cm³/mol. The second kappa shape index (κ2) is 5.41. The number of tetrazole rings is 1. The van der Waals surface area contributed by atoms with Crippen LogP contribution in [0.25, 0.3) is 11.5 Å². The van der Waals surface area contributed by atoms with Crippen LogP contribution in [0.2, 0.25) is 0 Å². The molecule has 0 N–H and O–H groups in total. The lowest BCUT2D eigenvalue weighted by atomic mass is 10.2. The third kappa shape index (κ3) is 2.55. The average molecular weight is 288 g/mol. The summed E-state index contributed by atoms with van der Waals surface area (Å²) in [5.74, 6) is 1.07. The molecule has 102 valence electrons. The van der Waals surface area contributed by atoms with Gasteiger partial charge < -0.3 is 4.42 Å². The molecule has 2 heterocycles. The molecule has 2 aromatic heterocycles. The molecule has 0 aliphatic carbocycles. The minimum Gasteiger partial charge on any atom is -0.419 e. The molecule has 8 heteroatoms. The molecule has 0 amide bonds. The van der Waals surface area contributed by atoms with Gasteiger partial charge in [-0.15, -0.1) is 15.3 Å². The molecule has 0 saturated heterocycles. The summed E-state index contributed by atoms with van der Waals surface area (Å²) in [6, 6.07) is 9.68. The van der Waals surface area contributed by atoms with Gasteiger partial charge in [0.15, 0.2) is 0 Å². The van der Waals surface area contributed by atoms with Gasteiger partial charge in [0.05, 0.1) is 5.25 Å². The van der Waals surface area contributed by atoms with Crippen molar-refractivity contribution in [2.45, 2.75) is 17.3 Å². The largest absolute Gasteiger partial charge is 0.419 e. The van der Waals surface area contributed by atoms with E-state index in [0.717, 1.165) is 5.56 Å². The molecule has 0 unspecified atom stereocenters. The van der Waals surface area contributed by atoms with E-state index in [0.29, 0.717) is 16.9 Å². The van der Waals surface area contributed by atoms with Crippen LogP contribution in [-0.2, 0) is 7.05 Å². The van der Waals surface area contributed by atoms with Gasteiger partial charge in [-0.25, -0.2) is 4.68 Å². The molecule has 0 radical (unpaired) electrons. The van der Waals surface area contributed by atoms with Crippen molar-refractivity contribution in [1.82, 2.24) is 30.4 Å². The predicted octanol–water partition coefficient (Wildman–Crippen LogP) is 2.11. The van der Waals surface area contributed by atoms with Crippen LogP contribution < -0.4 is 0 Å². The van der Waals surface area contributed by atoms with Gasteiger partial charge in [-0.2, -0.15) is 0 Å². The lowest BCUT2D eigenvalue weighted by Gasteiger charge is -2.03. The third-order valence-corrected chi connectivity index (χ3v) is 3.78. The summed E-state index contributed by atoms with van der Waals surface area (Å²) in [6.45, 7) is 1.97. The van der Waals surface area contributed by atoms with Gasteiger partial charge in [0.2, 0.25) is 16.9 Å². The second-order valence-corrected chi connectivity index (χ2v) is 5.46. The zero-order valence-electron chi connectivity index (χ0n) is 11.0. The van der Waals surface area contributed by atoms with Crippen molar-refractivity contribution in [2.24, 2.45) is 7.05 Å². The maximum absolute atomic E-state index is 5.70. The van der Waals surface area contributed by atoms with E-state index >= 15 is 0 Å². The number of nitrogens with zero attached hydrogens (tertiary/aromatic N) is 6. The number of thioether (sulfide) groups is 1. The molecule has 20 heavy (non-hydrogen) atoms. The highest BCUT2D eigenvalue weighted by atomic mass is 32.2. The quantitative estimate of drug-likeness (QED) is 0.680. The Hall–Kier alpha value is -2.22. The van der Waals surface area contributed by atoms with Crippen molar-refractivity contribution in [3.8, 4) is 11.5 Å². The van der Waals surface area contributed by atoms with Crippen molar-refractivity contribution in [3.05, 3.63) is 36.2 Å². The van der Waals surface area contributed by atoms with Crippen LogP contribution in [-0.4, -0.2) is 30.4 Å². The number of hydrogen-bond donors (Lipinski definition) is 0. The molecule has 1 aromatic carbocycles. The summed E-state index contributed by atoms with van der Waals surface area (Å²) >= 11 is 1.47. The first-order valence-electron chi connectivity index (χ1n) is 6.02. The molecule has 0 aliphatic heterocycles. The van der Waals surface area contributed by atoms with Gasteiger partial charge >= 0.3 is 0 Å². The van der Waals surface area contributed by atoms with Crippen molar-refractivity contribution >= 4 is 11.8 Å². The van der Waals surface area contributed by atoms with E-state index in [1.165, 1.54) is 11.8 Å². The Labute approximate surface area is 119 Å². The Kier molecular flexibility index (Phi) is 3.46. The molecule has 1 atom stereocenters. The fourth-order valence-corrected chi connectivity index (χ4v) is 2.41. The standard InChI is InChI=1S/C12H12N6OS/c1-8(20-12-15-16-17-18(12)2)10-13-14-11(19-10)9-6-4-3-5-7-9/h3-8H,1-2H3/t8-/m0/s1. The molecule has 0 fully saturated rings. The summed E-state index contributed by atoms with van der Waals surface area (Å²) in [6.07, 6.45) is 0. The Morgan fingerprint density at radius 3 is 2.65 bits per heavy atom. The number of aryl methyl sites for hydroxylation is 1. The third-order valence-electron chi connectivity index (χ3n) is 2.67. The van der Waals surface area contributed by atoms with Crippen LogP contribution >= 0.6 is 11.8 Å². The lowest BCUT2D eigenvalue weighted by molar-refractivity contribution is 0.508. The van der Waals surface area contributed by atoms with E-state index in [2.05, 4.69) is 25.7 Å². The fraction of sp³-hybridized carbons (Fsp3) is 0.250. The van der Waals surface area contributed by atoms with Crippen LogP contribution in [0.1, 0.15) is 18.1 Å². The van der Waals surface area contributed by atoms with E-state index in [1.54, 1.807) is 11.7 Å². The molecule has 0 bridgehead atoms. The Bertz CT molecular complexity index is 695. The van der Waals surface area contributed by atoms with E-state index in [1.807, 2.05) is 37.3 Å². The summed E-state index contributed by atoms with van der Waals surface area (Å²) in [4.78, 5) is 0. The zero-order valence-corrected chi connectivity index (χ0v) is 11.8. The average Bonchev–Trinajstić information content (AvgIpc) is 3.10. The smallest absolute Gasteiger partial charge is 0.247 e. The molecule has 0 aliphatic rings. The zero-order chi connectivity index (χ0) is 13.9. The molecule has 3 aromatic rings. The lowest BCUT2D eigenvalue weighted by Crippen LogP contribution is -1.96. The van der Waals surface area contributed by atoms with Crippen LogP contribution in [0, 0.1) is 0 Å². The van der Waals surface area contributed by atoms with Gasteiger partial charge in [-0.05, 0) is 29.5 Å². The van der Waals surface area contributed by atoms with E-state index in [9.17, 15) is 0 Å². The van der Waals surface area contributed by atoms with Gasteiger partial charge in [-0.1, -0.05) is 30.0 Å². The molecule has 0 saturated carbocycles. The molecule has 7 nitrogen and oxygen atoms in total. The normalized spacial score (nSPS) is 12.5. The van der Waals surface area contributed by atoms with Crippen LogP contribution in [0.15, 0.2) is 39.9 Å². The number of hydrogen-bond acceptors (Lipinski definition) is 7. The SMILES string of the molecule is C[C@H](Sc1nnnn1C)c1nnc(-c2ccccc2)o1. The van der Waals surface area contributed by atoms with Crippen molar-refractivity contribution < 1.29 is 4.42 Å². The molecular weight excluding hydrogens is 276 g/mol. The minimum atomic E-state index is -0.0235. The number of benzene rings is 1. The second-order valence-electron chi connectivity index (χ2n) is 4.16. The number of rotatable bonds is 4. The highest BCUT2D eigenvalue weighted by molar-refractivity contribution is 7.99. The van der Waals surface area contributed by atoms with Crippen LogP contribution in [0.4, 0.5) is 0 Å². The monoisotopic (exact) mass is 288 g/mol. The summed E-state index contributed by atoms with van der Waals surface area (Å²) in [5, 5.41) is 20.1. The Morgan fingerprint density at radius 2 is 1.95 bits per heavy atom. The van der Waals surface area contributed by atoms with Crippen LogP contribution in [0.3, 0.4) is 0 Å². The minimum absolute atomic E-state index is 0.0235. The first-order chi connectivity index (χ1) is 9.74. The Balaban J connectivity index is 1.78. The molecule has 0 spiro atoms. The highest BCUT2D eigenvalue weighted by Gasteiger charge is 2.18. The molecule has 3 rings (SSSR count). The maximum Gasteiger partial charge on any atom is 0.247 e. The van der Waals surface area contributed by atoms with Gasteiger partial charge in [0.25, 0.3) is 0 Å².